The average Bonchev–Trinajstić information content (AvgIpc) is 2.63. The van der Waals surface area contributed by atoms with Crippen molar-refractivity contribution in [1.82, 2.24) is 0 Å². The van der Waals surface area contributed by atoms with E-state index in [-0.39, 0.29) is 5.92 Å². The Hall–Kier alpha value is -2.71. The van der Waals surface area contributed by atoms with Gasteiger partial charge >= 0.3 is 7.82 Å². The van der Waals surface area contributed by atoms with Crippen LogP contribution in [0.2, 0.25) is 0 Å². The number of para-hydroxylation sites is 2. The summed E-state index contributed by atoms with van der Waals surface area (Å²) in [5, 5.41) is 0. The average molecular weight is 366 g/mol. The van der Waals surface area contributed by atoms with Gasteiger partial charge in [0.25, 0.3) is 0 Å². The van der Waals surface area contributed by atoms with Crippen molar-refractivity contribution >= 4 is 7.82 Å². The van der Waals surface area contributed by atoms with Crippen molar-refractivity contribution in [3.05, 3.63) is 89.5 Å². The molecule has 0 bridgehead atoms. The van der Waals surface area contributed by atoms with E-state index in [1.165, 1.54) is 0 Å². The van der Waals surface area contributed by atoms with E-state index in [2.05, 4.69) is 6.92 Å². The molecule has 132 valence electrons. The Kier molecular flexibility index (Phi) is 4.21. The van der Waals surface area contributed by atoms with Crippen LogP contribution in [0.4, 0.5) is 0 Å². The van der Waals surface area contributed by atoms with E-state index in [0.29, 0.717) is 17.2 Å². The van der Waals surface area contributed by atoms with Gasteiger partial charge in [-0.05, 0) is 31.2 Å². The van der Waals surface area contributed by atoms with E-state index >= 15 is 0 Å². The molecule has 1 aliphatic heterocycles. The van der Waals surface area contributed by atoms with E-state index in [0.717, 1.165) is 16.7 Å². The summed E-state index contributed by atoms with van der Waals surface area (Å²) >= 11 is 0. The van der Waals surface area contributed by atoms with Gasteiger partial charge < -0.3 is 13.6 Å². The van der Waals surface area contributed by atoms with Crippen LogP contribution in [0.25, 0.3) is 0 Å². The SMILES string of the molecule is Cc1ccc(OP2(=O)Oc3ccccc3C(C)c3ccccc3O2)cc1. The smallest absolute Gasteiger partial charge is 0.386 e. The van der Waals surface area contributed by atoms with Gasteiger partial charge in [-0.1, -0.05) is 61.0 Å². The number of aryl methyl sites for hydroxylation is 1. The first kappa shape index (κ1) is 16.7. The van der Waals surface area contributed by atoms with Crippen LogP contribution in [0, 0.1) is 6.92 Å². The van der Waals surface area contributed by atoms with Crippen molar-refractivity contribution in [2.24, 2.45) is 0 Å². The van der Waals surface area contributed by atoms with Crippen molar-refractivity contribution < 1.29 is 18.1 Å². The van der Waals surface area contributed by atoms with Gasteiger partial charge in [0.15, 0.2) is 0 Å². The molecule has 0 spiro atoms. The summed E-state index contributed by atoms with van der Waals surface area (Å²) in [7, 11) is -3.91. The Labute approximate surface area is 153 Å². The molecule has 5 heteroatoms. The maximum atomic E-state index is 13.4. The summed E-state index contributed by atoms with van der Waals surface area (Å²) in [6.45, 7) is 4.05. The standard InChI is InChI=1S/C21H19O4P/c1-15-11-13-17(14-12-15)23-26(22)24-20-9-5-3-7-18(20)16(2)19-8-4-6-10-21(19)25-26/h3-14,16H,1-2H3. The summed E-state index contributed by atoms with van der Waals surface area (Å²) in [5.74, 6) is 1.48. The second kappa shape index (κ2) is 6.54. The molecular formula is C21H19O4P. The van der Waals surface area contributed by atoms with Crippen LogP contribution in [-0.2, 0) is 4.57 Å². The normalized spacial score (nSPS) is 21.2. The number of phosphoric ester groups is 1. The molecule has 0 aliphatic carbocycles. The lowest BCUT2D eigenvalue weighted by molar-refractivity contribution is 0.293. The van der Waals surface area contributed by atoms with Crippen molar-refractivity contribution in [3.8, 4) is 17.2 Å². The summed E-state index contributed by atoms with van der Waals surface area (Å²) in [6, 6.07) is 22.3. The Morgan fingerprint density at radius 1 is 0.808 bits per heavy atom. The molecule has 0 atom stereocenters. The van der Waals surface area contributed by atoms with Crippen LogP contribution in [-0.4, -0.2) is 0 Å². The second-order valence-corrected chi connectivity index (χ2v) is 7.77. The van der Waals surface area contributed by atoms with E-state index in [4.69, 9.17) is 13.6 Å². The van der Waals surface area contributed by atoms with Gasteiger partial charge in [-0.25, -0.2) is 0 Å². The largest absolute Gasteiger partial charge is 0.647 e. The van der Waals surface area contributed by atoms with Gasteiger partial charge in [0.2, 0.25) is 0 Å². The first-order valence-electron chi connectivity index (χ1n) is 8.47. The molecule has 0 unspecified atom stereocenters. The van der Waals surface area contributed by atoms with Gasteiger partial charge in [-0.2, -0.15) is 4.57 Å². The van der Waals surface area contributed by atoms with Crippen LogP contribution in [0.15, 0.2) is 72.8 Å². The summed E-state index contributed by atoms with van der Waals surface area (Å²) in [4.78, 5) is 0. The van der Waals surface area contributed by atoms with Crippen molar-refractivity contribution in [2.45, 2.75) is 19.8 Å². The Balaban J connectivity index is 1.80. The van der Waals surface area contributed by atoms with Crippen molar-refractivity contribution in [1.29, 1.82) is 0 Å². The fourth-order valence-corrected chi connectivity index (χ4v) is 4.34. The highest BCUT2D eigenvalue weighted by molar-refractivity contribution is 7.49. The quantitative estimate of drug-likeness (QED) is 0.514. The van der Waals surface area contributed by atoms with E-state index < -0.39 is 7.82 Å². The van der Waals surface area contributed by atoms with Crippen LogP contribution < -0.4 is 13.6 Å². The van der Waals surface area contributed by atoms with Crippen LogP contribution in [0.1, 0.15) is 29.5 Å². The number of rotatable bonds is 2. The molecular weight excluding hydrogens is 347 g/mol. The third-order valence-corrected chi connectivity index (χ3v) is 5.70. The zero-order chi connectivity index (χ0) is 18.1. The molecule has 0 saturated carbocycles. The zero-order valence-corrected chi connectivity index (χ0v) is 15.5. The Bertz CT molecular complexity index is 928. The lowest BCUT2D eigenvalue weighted by Crippen LogP contribution is -2.13. The Morgan fingerprint density at radius 3 is 1.85 bits per heavy atom. The maximum absolute atomic E-state index is 13.4. The van der Waals surface area contributed by atoms with E-state index in [1.807, 2.05) is 55.5 Å². The van der Waals surface area contributed by atoms with E-state index in [9.17, 15) is 4.57 Å². The topological polar surface area (TPSA) is 44.8 Å². The van der Waals surface area contributed by atoms with Gasteiger partial charge in [0.05, 0.1) is 0 Å². The third-order valence-electron chi connectivity index (χ3n) is 4.43. The molecule has 1 heterocycles. The maximum Gasteiger partial charge on any atom is 0.647 e. The minimum Gasteiger partial charge on any atom is -0.386 e. The van der Waals surface area contributed by atoms with Crippen molar-refractivity contribution in [3.63, 3.8) is 0 Å². The van der Waals surface area contributed by atoms with Gasteiger partial charge in [-0.3, -0.25) is 0 Å². The first-order chi connectivity index (χ1) is 12.5. The highest BCUT2D eigenvalue weighted by Gasteiger charge is 2.37. The predicted octanol–water partition coefficient (Wildman–Crippen LogP) is 6.11. The molecule has 26 heavy (non-hydrogen) atoms. The molecule has 0 amide bonds. The second-order valence-electron chi connectivity index (χ2n) is 6.33. The number of benzene rings is 3. The van der Waals surface area contributed by atoms with Crippen molar-refractivity contribution in [2.75, 3.05) is 0 Å². The van der Waals surface area contributed by atoms with Gasteiger partial charge in [-0.15, -0.1) is 0 Å². The summed E-state index contributed by atoms with van der Waals surface area (Å²) < 4.78 is 30.7. The predicted molar refractivity (Wildman–Crippen MR) is 101 cm³/mol. The lowest BCUT2D eigenvalue weighted by Gasteiger charge is -2.27. The number of phosphoric acid groups is 1. The Morgan fingerprint density at radius 2 is 1.31 bits per heavy atom. The van der Waals surface area contributed by atoms with Crippen LogP contribution in [0.5, 0.6) is 17.2 Å². The van der Waals surface area contributed by atoms with E-state index in [1.54, 1.807) is 24.3 Å². The van der Waals surface area contributed by atoms with Gasteiger partial charge in [0.1, 0.15) is 17.2 Å². The highest BCUT2D eigenvalue weighted by atomic mass is 31.2. The fourth-order valence-electron chi connectivity index (χ4n) is 3.04. The summed E-state index contributed by atoms with van der Waals surface area (Å²) in [5.41, 5.74) is 2.96. The molecule has 3 aromatic carbocycles. The number of fused-ring (bicyclic) bond motifs is 2. The molecule has 0 N–H and O–H groups in total. The highest BCUT2D eigenvalue weighted by Crippen LogP contribution is 2.54. The molecule has 0 fully saturated rings. The zero-order valence-electron chi connectivity index (χ0n) is 14.6. The first-order valence-corrected chi connectivity index (χ1v) is 9.93. The summed E-state index contributed by atoms with van der Waals surface area (Å²) in [6.07, 6.45) is 0. The molecule has 0 radical (unpaired) electrons. The van der Waals surface area contributed by atoms with Crippen LogP contribution >= 0.6 is 7.82 Å². The molecule has 1 aliphatic rings. The third kappa shape index (κ3) is 3.21. The van der Waals surface area contributed by atoms with Crippen LogP contribution in [0.3, 0.4) is 0 Å². The molecule has 4 nitrogen and oxygen atoms in total. The monoisotopic (exact) mass is 366 g/mol. The molecule has 0 saturated heterocycles. The molecule has 0 aromatic heterocycles. The van der Waals surface area contributed by atoms with Gasteiger partial charge in [0, 0.05) is 17.0 Å². The minimum atomic E-state index is -3.91. The molecule has 3 aromatic rings. The fraction of sp³-hybridized carbons (Fsp3) is 0.143. The lowest BCUT2D eigenvalue weighted by atomic mass is 9.92. The minimum absolute atomic E-state index is 0.0375. The number of hydrogen-bond donors (Lipinski definition) is 0. The molecule has 4 rings (SSSR count). The number of hydrogen-bond acceptors (Lipinski definition) is 4.